The van der Waals surface area contributed by atoms with Gasteiger partial charge >= 0.3 is 0 Å². The van der Waals surface area contributed by atoms with Crippen LogP contribution in [-0.4, -0.2) is 6.04 Å². The van der Waals surface area contributed by atoms with Gasteiger partial charge < -0.3 is 5.32 Å². The highest BCUT2D eigenvalue weighted by atomic mass is 14.9. The van der Waals surface area contributed by atoms with E-state index in [2.05, 4.69) is 45.7 Å². The smallest absolute Gasteiger partial charge is 0.118 e. The van der Waals surface area contributed by atoms with Crippen molar-refractivity contribution in [3.05, 3.63) is 48.2 Å². The summed E-state index contributed by atoms with van der Waals surface area (Å²) in [7, 11) is 0. The molecule has 0 amide bonds. The van der Waals surface area contributed by atoms with Gasteiger partial charge in [0, 0.05) is 11.7 Å². The van der Waals surface area contributed by atoms with Gasteiger partial charge in [-0.25, -0.2) is 0 Å². The monoisotopic (exact) mass is 256 g/mol. The average molecular weight is 256 g/mol. The minimum absolute atomic E-state index is 0.121. The number of hydrogen-bond acceptors (Lipinski definition) is 2. The molecule has 0 saturated heterocycles. The van der Waals surface area contributed by atoms with E-state index in [0.29, 0.717) is 0 Å². The van der Waals surface area contributed by atoms with E-state index in [9.17, 15) is 5.26 Å². The minimum atomic E-state index is -0.708. The summed E-state index contributed by atoms with van der Waals surface area (Å²) >= 11 is 0. The Morgan fingerprint density at radius 3 is 2.16 bits per heavy atom. The number of nitrogens with one attached hydrogen (secondary N) is 1. The molecule has 0 bridgehead atoms. The zero-order valence-electron chi connectivity index (χ0n) is 12.6. The van der Waals surface area contributed by atoms with Gasteiger partial charge in [0.25, 0.3) is 0 Å². The summed E-state index contributed by atoms with van der Waals surface area (Å²) in [5.74, 6) is 0. The first-order chi connectivity index (χ1) is 8.71. The van der Waals surface area contributed by atoms with E-state index in [4.69, 9.17) is 0 Å². The van der Waals surface area contributed by atoms with Crippen molar-refractivity contribution in [2.24, 2.45) is 5.41 Å². The Morgan fingerprint density at radius 2 is 1.74 bits per heavy atom. The summed E-state index contributed by atoms with van der Waals surface area (Å²) in [4.78, 5) is 0. The molecule has 0 aliphatic heterocycles. The van der Waals surface area contributed by atoms with Crippen LogP contribution in [0.3, 0.4) is 0 Å². The second-order valence-electron chi connectivity index (χ2n) is 6.31. The van der Waals surface area contributed by atoms with Gasteiger partial charge in [-0.15, -0.1) is 0 Å². The summed E-state index contributed by atoms with van der Waals surface area (Å²) in [6, 6.07) is 12.4. The molecule has 19 heavy (non-hydrogen) atoms. The Hall–Kier alpha value is -1.75. The minimum Gasteiger partial charge on any atom is -0.384 e. The van der Waals surface area contributed by atoms with Gasteiger partial charge in [0.1, 0.15) is 5.41 Å². The first-order valence-corrected chi connectivity index (χ1v) is 6.64. The Balaban J connectivity index is 2.99. The topological polar surface area (TPSA) is 35.8 Å². The number of nitriles is 1. The SMILES string of the molecule is C=C(NC(C)C(C)(C)C)C(C)(C#N)c1ccccc1. The predicted octanol–water partition coefficient (Wildman–Crippen LogP) is 4.01. The first-order valence-electron chi connectivity index (χ1n) is 6.64. The van der Waals surface area contributed by atoms with Crippen molar-refractivity contribution < 1.29 is 0 Å². The number of rotatable bonds is 4. The number of hydrogen-bond donors (Lipinski definition) is 1. The van der Waals surface area contributed by atoms with Crippen LogP contribution in [-0.2, 0) is 5.41 Å². The summed E-state index contributed by atoms with van der Waals surface area (Å²) in [5, 5.41) is 13.0. The van der Waals surface area contributed by atoms with E-state index in [1.54, 1.807) is 0 Å². The van der Waals surface area contributed by atoms with Gasteiger partial charge in [0.05, 0.1) is 6.07 Å². The highest BCUT2D eigenvalue weighted by molar-refractivity contribution is 5.40. The highest BCUT2D eigenvalue weighted by Crippen LogP contribution is 2.30. The van der Waals surface area contributed by atoms with Gasteiger partial charge in [0.2, 0.25) is 0 Å². The van der Waals surface area contributed by atoms with E-state index < -0.39 is 5.41 Å². The lowest BCUT2D eigenvalue weighted by atomic mass is 9.79. The van der Waals surface area contributed by atoms with Crippen LogP contribution in [0.5, 0.6) is 0 Å². The maximum Gasteiger partial charge on any atom is 0.118 e. The molecule has 0 aliphatic rings. The van der Waals surface area contributed by atoms with Crippen LogP contribution < -0.4 is 5.32 Å². The van der Waals surface area contributed by atoms with Crippen LogP contribution in [0, 0.1) is 16.7 Å². The molecule has 0 heterocycles. The maximum atomic E-state index is 9.57. The molecule has 0 saturated carbocycles. The van der Waals surface area contributed by atoms with E-state index in [1.807, 2.05) is 37.3 Å². The quantitative estimate of drug-likeness (QED) is 0.883. The molecule has 0 fully saturated rings. The van der Waals surface area contributed by atoms with Crippen molar-refractivity contribution in [3.63, 3.8) is 0 Å². The molecule has 1 rings (SSSR count). The van der Waals surface area contributed by atoms with Crippen LogP contribution in [0.1, 0.15) is 40.2 Å². The van der Waals surface area contributed by atoms with Crippen molar-refractivity contribution in [3.8, 4) is 6.07 Å². The van der Waals surface area contributed by atoms with Crippen molar-refractivity contribution in [1.29, 1.82) is 5.26 Å². The van der Waals surface area contributed by atoms with Crippen molar-refractivity contribution in [2.75, 3.05) is 0 Å². The fourth-order valence-electron chi connectivity index (χ4n) is 1.70. The third-order valence-corrected chi connectivity index (χ3v) is 3.87. The van der Waals surface area contributed by atoms with E-state index in [0.717, 1.165) is 11.3 Å². The average Bonchev–Trinajstić information content (AvgIpc) is 2.37. The molecular formula is C17H24N2. The molecule has 0 aliphatic carbocycles. The molecule has 102 valence electrons. The van der Waals surface area contributed by atoms with Gasteiger partial charge in [-0.2, -0.15) is 5.26 Å². The molecule has 1 N–H and O–H groups in total. The third-order valence-electron chi connectivity index (χ3n) is 3.87. The lowest BCUT2D eigenvalue weighted by Crippen LogP contribution is -2.42. The molecule has 2 unspecified atom stereocenters. The van der Waals surface area contributed by atoms with Gasteiger partial charge in [-0.1, -0.05) is 57.7 Å². The Bertz CT molecular complexity index is 476. The molecule has 2 nitrogen and oxygen atoms in total. The molecule has 2 heteroatoms. The van der Waals surface area contributed by atoms with Crippen molar-refractivity contribution in [2.45, 2.75) is 46.1 Å². The zero-order chi connectivity index (χ0) is 14.7. The predicted molar refractivity (Wildman–Crippen MR) is 80.6 cm³/mol. The van der Waals surface area contributed by atoms with Crippen LogP contribution in [0.2, 0.25) is 0 Å². The third kappa shape index (κ3) is 3.38. The largest absolute Gasteiger partial charge is 0.384 e. The number of nitrogens with zero attached hydrogens (tertiary/aromatic N) is 1. The van der Waals surface area contributed by atoms with Crippen molar-refractivity contribution in [1.82, 2.24) is 5.32 Å². The molecule has 0 aromatic heterocycles. The molecule has 1 aromatic rings. The fraction of sp³-hybridized carbons (Fsp3) is 0.471. The first kappa shape index (κ1) is 15.3. The summed E-state index contributed by atoms with van der Waals surface area (Å²) in [5.41, 5.74) is 1.14. The van der Waals surface area contributed by atoms with Gasteiger partial charge in [-0.3, -0.25) is 0 Å². The van der Waals surface area contributed by atoms with Gasteiger partial charge in [-0.05, 0) is 24.8 Å². The second-order valence-corrected chi connectivity index (χ2v) is 6.31. The Morgan fingerprint density at radius 1 is 1.21 bits per heavy atom. The van der Waals surface area contributed by atoms with Crippen LogP contribution in [0.15, 0.2) is 42.6 Å². The molecular weight excluding hydrogens is 232 g/mol. The lowest BCUT2D eigenvalue weighted by molar-refractivity contribution is 0.296. The second kappa shape index (κ2) is 5.48. The lowest BCUT2D eigenvalue weighted by Gasteiger charge is -2.34. The zero-order valence-corrected chi connectivity index (χ0v) is 12.6. The van der Waals surface area contributed by atoms with E-state index >= 15 is 0 Å². The molecule has 0 spiro atoms. The summed E-state index contributed by atoms with van der Waals surface area (Å²) < 4.78 is 0. The maximum absolute atomic E-state index is 9.57. The normalized spacial score (nSPS) is 16.0. The van der Waals surface area contributed by atoms with Crippen LogP contribution >= 0.6 is 0 Å². The number of benzene rings is 1. The molecule has 0 radical (unpaired) electrons. The summed E-state index contributed by atoms with van der Waals surface area (Å²) in [6.45, 7) is 14.6. The Kier molecular flexibility index (Phi) is 4.42. The molecule has 2 atom stereocenters. The van der Waals surface area contributed by atoms with E-state index in [1.165, 1.54) is 0 Å². The number of allylic oxidation sites excluding steroid dienone is 1. The van der Waals surface area contributed by atoms with Crippen molar-refractivity contribution >= 4 is 0 Å². The molecule has 1 aromatic carbocycles. The van der Waals surface area contributed by atoms with Crippen LogP contribution in [0.25, 0.3) is 0 Å². The standard InChI is InChI=1S/C17H24N2/c1-13(16(3,4)5)19-14(2)17(6,12-18)15-10-8-7-9-11-15/h7-11,13,19H,2H2,1,3-6H3. The van der Waals surface area contributed by atoms with Crippen LogP contribution in [0.4, 0.5) is 0 Å². The fourth-order valence-corrected chi connectivity index (χ4v) is 1.70. The van der Waals surface area contributed by atoms with E-state index in [-0.39, 0.29) is 11.5 Å². The Labute approximate surface area is 117 Å². The summed E-state index contributed by atoms with van der Waals surface area (Å²) in [6.07, 6.45) is 0. The highest BCUT2D eigenvalue weighted by Gasteiger charge is 2.32. The van der Waals surface area contributed by atoms with Gasteiger partial charge in [0.15, 0.2) is 0 Å².